The molecule has 138 valence electrons. The SMILES string of the molecule is Cc1ccsc1C(Cc1ccccc1)NC(=O)N1CCC(C(=O)O)CC1. The third kappa shape index (κ3) is 4.43. The minimum Gasteiger partial charge on any atom is -0.481 e. The van der Waals surface area contributed by atoms with Gasteiger partial charge in [0.05, 0.1) is 12.0 Å². The summed E-state index contributed by atoms with van der Waals surface area (Å²) in [5.41, 5.74) is 2.36. The molecule has 2 N–H and O–H groups in total. The lowest BCUT2D eigenvalue weighted by molar-refractivity contribution is -0.143. The van der Waals surface area contributed by atoms with Crippen molar-refractivity contribution in [3.63, 3.8) is 0 Å². The van der Waals surface area contributed by atoms with Gasteiger partial charge in [-0.1, -0.05) is 30.3 Å². The Kier molecular flexibility index (Phi) is 5.93. The molecule has 0 spiro atoms. The number of hydrogen-bond acceptors (Lipinski definition) is 3. The third-order valence-corrected chi connectivity index (χ3v) is 6.06. The minimum absolute atomic E-state index is 0.0814. The van der Waals surface area contributed by atoms with Crippen molar-refractivity contribution in [2.45, 2.75) is 32.2 Å². The number of carbonyl (C=O) groups excluding carboxylic acids is 1. The minimum atomic E-state index is -0.763. The fourth-order valence-electron chi connectivity index (χ4n) is 3.37. The van der Waals surface area contributed by atoms with Gasteiger partial charge in [0, 0.05) is 18.0 Å². The zero-order valence-electron chi connectivity index (χ0n) is 14.9. The first-order valence-electron chi connectivity index (χ1n) is 8.90. The van der Waals surface area contributed by atoms with Crippen LogP contribution in [0.4, 0.5) is 4.79 Å². The average molecular weight is 372 g/mol. The molecule has 3 rings (SSSR count). The number of aryl methyl sites for hydroxylation is 1. The Bertz CT molecular complexity index is 751. The number of amides is 2. The van der Waals surface area contributed by atoms with Crippen LogP contribution >= 0.6 is 11.3 Å². The van der Waals surface area contributed by atoms with Gasteiger partial charge in [-0.25, -0.2) is 4.79 Å². The number of nitrogens with zero attached hydrogens (tertiary/aromatic N) is 1. The smallest absolute Gasteiger partial charge is 0.317 e. The summed E-state index contributed by atoms with van der Waals surface area (Å²) in [5, 5.41) is 14.3. The fourth-order valence-corrected chi connectivity index (χ4v) is 4.35. The predicted molar refractivity (Wildman–Crippen MR) is 102 cm³/mol. The number of carboxylic acid groups (broad SMARTS) is 1. The maximum Gasteiger partial charge on any atom is 0.317 e. The van der Waals surface area contributed by atoms with E-state index in [1.165, 1.54) is 16.0 Å². The quantitative estimate of drug-likeness (QED) is 0.838. The number of aliphatic carboxylic acids is 1. The number of carboxylic acids is 1. The summed E-state index contributed by atoms with van der Waals surface area (Å²) >= 11 is 1.66. The van der Waals surface area contributed by atoms with Crippen LogP contribution in [-0.2, 0) is 11.2 Å². The number of benzene rings is 1. The first-order chi connectivity index (χ1) is 12.5. The van der Waals surface area contributed by atoms with E-state index in [0.717, 1.165) is 6.42 Å². The van der Waals surface area contributed by atoms with Crippen LogP contribution in [-0.4, -0.2) is 35.1 Å². The average Bonchev–Trinajstić information content (AvgIpc) is 3.08. The number of carbonyl (C=O) groups is 2. The van der Waals surface area contributed by atoms with E-state index in [1.54, 1.807) is 16.2 Å². The van der Waals surface area contributed by atoms with Gasteiger partial charge in [0.1, 0.15) is 0 Å². The van der Waals surface area contributed by atoms with E-state index >= 15 is 0 Å². The van der Waals surface area contributed by atoms with Crippen molar-refractivity contribution in [2.75, 3.05) is 13.1 Å². The standard InChI is InChI=1S/C20H24N2O3S/c1-14-9-12-26-18(14)17(13-15-5-3-2-4-6-15)21-20(25)22-10-7-16(8-11-22)19(23)24/h2-6,9,12,16-17H,7-8,10-11,13H2,1H3,(H,21,25)(H,23,24). The van der Waals surface area contributed by atoms with E-state index in [1.807, 2.05) is 23.6 Å². The number of likely N-dealkylation sites (tertiary alicyclic amines) is 1. The van der Waals surface area contributed by atoms with Crippen LogP contribution < -0.4 is 5.32 Å². The maximum atomic E-state index is 12.8. The second-order valence-corrected chi connectivity index (χ2v) is 7.71. The highest BCUT2D eigenvalue weighted by molar-refractivity contribution is 7.10. The highest BCUT2D eigenvalue weighted by atomic mass is 32.1. The van der Waals surface area contributed by atoms with Crippen molar-refractivity contribution in [1.82, 2.24) is 10.2 Å². The molecule has 2 heterocycles. The highest BCUT2D eigenvalue weighted by Crippen LogP contribution is 2.27. The van der Waals surface area contributed by atoms with Gasteiger partial charge in [-0.15, -0.1) is 11.3 Å². The van der Waals surface area contributed by atoms with Gasteiger partial charge in [0.2, 0.25) is 0 Å². The van der Waals surface area contributed by atoms with Gasteiger partial charge in [0.15, 0.2) is 0 Å². The number of piperidine rings is 1. The van der Waals surface area contributed by atoms with Gasteiger partial charge in [0.25, 0.3) is 0 Å². The molecule has 1 aliphatic heterocycles. The molecule has 2 amide bonds. The summed E-state index contributed by atoms with van der Waals surface area (Å²) in [5.74, 6) is -1.10. The molecular weight excluding hydrogens is 348 g/mol. The summed E-state index contributed by atoms with van der Waals surface area (Å²) in [6.45, 7) is 3.04. The first kappa shape index (κ1) is 18.5. The molecule has 0 aliphatic carbocycles. The number of thiophene rings is 1. The molecule has 1 saturated heterocycles. The Morgan fingerprint density at radius 3 is 2.50 bits per heavy atom. The molecule has 1 atom stereocenters. The van der Waals surface area contributed by atoms with Crippen molar-refractivity contribution in [3.8, 4) is 0 Å². The Labute approximate surface area is 157 Å². The van der Waals surface area contributed by atoms with E-state index in [9.17, 15) is 9.59 Å². The maximum absolute atomic E-state index is 12.8. The zero-order valence-corrected chi connectivity index (χ0v) is 15.7. The largest absolute Gasteiger partial charge is 0.481 e. The lowest BCUT2D eigenvalue weighted by atomic mass is 9.97. The monoisotopic (exact) mass is 372 g/mol. The van der Waals surface area contributed by atoms with E-state index in [-0.39, 0.29) is 18.0 Å². The van der Waals surface area contributed by atoms with E-state index in [4.69, 9.17) is 5.11 Å². The van der Waals surface area contributed by atoms with Crippen LogP contribution in [0.15, 0.2) is 41.8 Å². The van der Waals surface area contributed by atoms with Crippen molar-refractivity contribution in [2.24, 2.45) is 5.92 Å². The van der Waals surface area contributed by atoms with Crippen LogP contribution in [0.5, 0.6) is 0 Å². The van der Waals surface area contributed by atoms with Gasteiger partial charge in [-0.2, -0.15) is 0 Å². The molecule has 6 heteroatoms. The second-order valence-electron chi connectivity index (χ2n) is 6.76. The zero-order chi connectivity index (χ0) is 18.5. The Hall–Kier alpha value is -2.34. The Balaban J connectivity index is 1.69. The Morgan fingerprint density at radius 2 is 1.92 bits per heavy atom. The van der Waals surface area contributed by atoms with Crippen LogP contribution in [0, 0.1) is 12.8 Å². The molecule has 1 unspecified atom stereocenters. The molecule has 0 radical (unpaired) electrons. The molecule has 1 fully saturated rings. The van der Waals surface area contributed by atoms with Gasteiger partial charge >= 0.3 is 12.0 Å². The lowest BCUT2D eigenvalue weighted by Gasteiger charge is -2.32. The molecule has 1 aliphatic rings. The Morgan fingerprint density at radius 1 is 1.23 bits per heavy atom. The van der Waals surface area contributed by atoms with Crippen molar-refractivity contribution in [1.29, 1.82) is 0 Å². The summed E-state index contributed by atoms with van der Waals surface area (Å²) in [7, 11) is 0. The highest BCUT2D eigenvalue weighted by Gasteiger charge is 2.28. The number of hydrogen-bond donors (Lipinski definition) is 2. The molecule has 5 nitrogen and oxygen atoms in total. The molecule has 1 aromatic heterocycles. The van der Waals surface area contributed by atoms with Gasteiger partial charge < -0.3 is 15.3 Å². The predicted octanol–water partition coefficient (Wildman–Crippen LogP) is 3.85. The molecule has 0 saturated carbocycles. The van der Waals surface area contributed by atoms with Crippen molar-refractivity contribution in [3.05, 3.63) is 57.8 Å². The molecule has 0 bridgehead atoms. The van der Waals surface area contributed by atoms with Crippen molar-refractivity contribution < 1.29 is 14.7 Å². The van der Waals surface area contributed by atoms with Crippen LogP contribution in [0.2, 0.25) is 0 Å². The number of nitrogens with one attached hydrogen (secondary N) is 1. The summed E-state index contributed by atoms with van der Waals surface area (Å²) < 4.78 is 0. The number of urea groups is 1. The normalized spacial score (nSPS) is 16.3. The molecule has 1 aromatic carbocycles. The summed E-state index contributed by atoms with van der Waals surface area (Å²) in [6.07, 6.45) is 1.77. The van der Waals surface area contributed by atoms with Crippen LogP contribution in [0.3, 0.4) is 0 Å². The van der Waals surface area contributed by atoms with Crippen LogP contribution in [0.25, 0.3) is 0 Å². The second kappa shape index (κ2) is 8.36. The van der Waals surface area contributed by atoms with Crippen molar-refractivity contribution >= 4 is 23.3 Å². The molecular formula is C20H24N2O3S. The van der Waals surface area contributed by atoms with E-state index in [2.05, 4.69) is 30.4 Å². The van der Waals surface area contributed by atoms with Crippen LogP contribution in [0.1, 0.15) is 34.9 Å². The summed E-state index contributed by atoms with van der Waals surface area (Å²) in [4.78, 5) is 26.7. The lowest BCUT2D eigenvalue weighted by Crippen LogP contribution is -2.46. The topological polar surface area (TPSA) is 69.6 Å². The van der Waals surface area contributed by atoms with Gasteiger partial charge in [-0.3, -0.25) is 4.79 Å². The molecule has 2 aromatic rings. The third-order valence-electron chi connectivity index (χ3n) is 4.93. The van der Waals surface area contributed by atoms with E-state index < -0.39 is 5.97 Å². The summed E-state index contributed by atoms with van der Waals surface area (Å²) in [6, 6.07) is 12.0. The van der Waals surface area contributed by atoms with E-state index in [0.29, 0.717) is 25.9 Å². The number of rotatable bonds is 5. The first-order valence-corrected chi connectivity index (χ1v) is 9.78. The fraction of sp³-hybridized carbons (Fsp3) is 0.400. The van der Waals surface area contributed by atoms with Gasteiger partial charge in [-0.05, 0) is 48.8 Å². The molecule has 26 heavy (non-hydrogen) atoms.